The minimum absolute atomic E-state index is 0.149. The fourth-order valence-corrected chi connectivity index (χ4v) is 2.86. The Morgan fingerprint density at radius 2 is 2.05 bits per heavy atom. The molecule has 19 heavy (non-hydrogen) atoms. The van der Waals surface area contributed by atoms with Crippen molar-refractivity contribution in [1.29, 1.82) is 0 Å². The van der Waals surface area contributed by atoms with Gasteiger partial charge in [-0.2, -0.15) is 0 Å². The monoisotopic (exact) mass is 286 g/mol. The Morgan fingerprint density at radius 1 is 1.37 bits per heavy atom. The second-order valence-corrected chi connectivity index (χ2v) is 6.83. The molecule has 1 aromatic rings. The number of hydrogen-bond acceptors (Lipinski definition) is 4. The molecule has 0 unspecified atom stereocenters. The average molecular weight is 286 g/mol. The first kappa shape index (κ1) is 15.8. The normalized spacial score (nSPS) is 11.8. The first-order valence-corrected chi connectivity index (χ1v) is 7.89. The molecule has 0 saturated carbocycles. The van der Waals surface area contributed by atoms with Crippen LogP contribution in [0.3, 0.4) is 0 Å². The van der Waals surface area contributed by atoms with Crippen molar-refractivity contribution < 1.29 is 13.2 Å². The zero-order chi connectivity index (χ0) is 14.5. The molecular formula is C13H22N2O3S. The summed E-state index contributed by atoms with van der Waals surface area (Å²) in [6.07, 6.45) is 0.653. The van der Waals surface area contributed by atoms with Crippen molar-refractivity contribution in [2.24, 2.45) is 5.92 Å². The van der Waals surface area contributed by atoms with Gasteiger partial charge in [-0.1, -0.05) is 19.9 Å². The Bertz CT molecular complexity index is 513. The van der Waals surface area contributed by atoms with Gasteiger partial charge in [-0.05, 0) is 30.0 Å². The first-order valence-electron chi connectivity index (χ1n) is 6.24. The molecule has 0 aliphatic rings. The lowest BCUT2D eigenvalue weighted by molar-refractivity contribution is 0.417. The van der Waals surface area contributed by atoms with Gasteiger partial charge in [0.2, 0.25) is 10.0 Å². The Labute approximate surface area is 115 Å². The number of nitrogen functional groups attached to an aromatic ring is 1. The van der Waals surface area contributed by atoms with E-state index in [0.29, 0.717) is 23.8 Å². The second kappa shape index (κ2) is 6.77. The number of benzene rings is 1. The maximum atomic E-state index is 11.7. The lowest BCUT2D eigenvalue weighted by atomic mass is 10.2. The standard InChI is InChI=1S/C13H22N2O3S/c1-10(2)6-7-19(16,17)15-9-11-4-5-13(18-3)12(14)8-11/h4-5,8,10,15H,6-7,9,14H2,1-3H3. The highest BCUT2D eigenvalue weighted by atomic mass is 32.2. The molecule has 0 spiro atoms. The largest absolute Gasteiger partial charge is 0.495 e. The van der Waals surface area contributed by atoms with E-state index >= 15 is 0 Å². The van der Waals surface area contributed by atoms with E-state index in [1.165, 1.54) is 0 Å². The van der Waals surface area contributed by atoms with E-state index in [1.807, 2.05) is 13.8 Å². The van der Waals surface area contributed by atoms with Crippen LogP contribution in [0.2, 0.25) is 0 Å². The van der Waals surface area contributed by atoms with Gasteiger partial charge in [0.1, 0.15) is 5.75 Å². The Hall–Kier alpha value is -1.27. The van der Waals surface area contributed by atoms with Gasteiger partial charge in [0.25, 0.3) is 0 Å². The van der Waals surface area contributed by atoms with E-state index < -0.39 is 10.0 Å². The van der Waals surface area contributed by atoms with E-state index in [-0.39, 0.29) is 12.3 Å². The molecule has 0 atom stereocenters. The van der Waals surface area contributed by atoms with Crippen molar-refractivity contribution in [3.8, 4) is 5.75 Å². The fraction of sp³-hybridized carbons (Fsp3) is 0.538. The number of nitrogens with one attached hydrogen (secondary N) is 1. The third-order valence-corrected chi connectivity index (χ3v) is 4.11. The highest BCUT2D eigenvalue weighted by Crippen LogP contribution is 2.21. The number of ether oxygens (including phenoxy) is 1. The summed E-state index contributed by atoms with van der Waals surface area (Å²) in [5, 5.41) is 0. The van der Waals surface area contributed by atoms with Crippen LogP contribution in [-0.4, -0.2) is 21.3 Å². The summed E-state index contributed by atoms with van der Waals surface area (Å²) >= 11 is 0. The predicted molar refractivity (Wildman–Crippen MR) is 77.5 cm³/mol. The smallest absolute Gasteiger partial charge is 0.211 e. The summed E-state index contributed by atoms with van der Waals surface area (Å²) in [5.74, 6) is 1.11. The highest BCUT2D eigenvalue weighted by Gasteiger charge is 2.11. The van der Waals surface area contributed by atoms with Crippen LogP contribution >= 0.6 is 0 Å². The zero-order valence-corrected chi connectivity index (χ0v) is 12.5. The molecule has 1 aromatic carbocycles. The second-order valence-electron chi connectivity index (χ2n) is 4.90. The lowest BCUT2D eigenvalue weighted by Gasteiger charge is -2.10. The van der Waals surface area contributed by atoms with Crippen LogP contribution in [-0.2, 0) is 16.6 Å². The van der Waals surface area contributed by atoms with Gasteiger partial charge in [0.05, 0.1) is 18.6 Å². The maximum Gasteiger partial charge on any atom is 0.211 e. The first-order chi connectivity index (χ1) is 8.84. The summed E-state index contributed by atoms with van der Waals surface area (Å²) in [6.45, 7) is 4.24. The molecule has 0 bridgehead atoms. The molecule has 0 heterocycles. The summed E-state index contributed by atoms with van der Waals surface area (Å²) < 4.78 is 31.1. The lowest BCUT2D eigenvalue weighted by Crippen LogP contribution is -2.26. The molecule has 0 aliphatic heterocycles. The van der Waals surface area contributed by atoms with Gasteiger partial charge in [0.15, 0.2) is 0 Å². The number of methoxy groups -OCH3 is 1. The number of nitrogens with two attached hydrogens (primary N) is 1. The van der Waals surface area contributed by atoms with Crippen molar-refractivity contribution in [3.63, 3.8) is 0 Å². The third-order valence-electron chi connectivity index (χ3n) is 2.75. The Balaban J connectivity index is 2.59. The van der Waals surface area contributed by atoms with Gasteiger partial charge in [-0.15, -0.1) is 0 Å². The topological polar surface area (TPSA) is 81.4 Å². The minimum Gasteiger partial charge on any atom is -0.495 e. The van der Waals surface area contributed by atoms with Crippen molar-refractivity contribution >= 4 is 15.7 Å². The molecule has 1 rings (SSSR count). The molecule has 0 fully saturated rings. The van der Waals surface area contributed by atoms with E-state index in [4.69, 9.17) is 10.5 Å². The van der Waals surface area contributed by atoms with Crippen LogP contribution in [0.4, 0.5) is 5.69 Å². The summed E-state index contributed by atoms with van der Waals surface area (Å²) in [4.78, 5) is 0. The van der Waals surface area contributed by atoms with E-state index in [9.17, 15) is 8.42 Å². The third kappa shape index (κ3) is 5.48. The molecular weight excluding hydrogens is 264 g/mol. The van der Waals surface area contributed by atoms with E-state index in [2.05, 4.69) is 4.72 Å². The van der Waals surface area contributed by atoms with Crippen LogP contribution < -0.4 is 15.2 Å². The average Bonchev–Trinajstić information content (AvgIpc) is 2.34. The molecule has 0 radical (unpaired) electrons. The molecule has 0 aliphatic carbocycles. The van der Waals surface area contributed by atoms with Gasteiger partial charge in [-0.3, -0.25) is 0 Å². The quantitative estimate of drug-likeness (QED) is 0.748. The number of sulfonamides is 1. The number of rotatable bonds is 7. The van der Waals surface area contributed by atoms with Crippen molar-refractivity contribution in [1.82, 2.24) is 4.72 Å². The zero-order valence-electron chi connectivity index (χ0n) is 11.6. The van der Waals surface area contributed by atoms with Crippen molar-refractivity contribution in [3.05, 3.63) is 23.8 Å². The predicted octanol–water partition coefficient (Wildman–Crippen LogP) is 1.74. The van der Waals surface area contributed by atoms with Crippen LogP contribution in [0.15, 0.2) is 18.2 Å². The van der Waals surface area contributed by atoms with Gasteiger partial charge in [-0.25, -0.2) is 13.1 Å². The molecule has 0 amide bonds. The number of hydrogen-bond donors (Lipinski definition) is 2. The summed E-state index contributed by atoms with van der Waals surface area (Å²) in [6, 6.07) is 5.23. The van der Waals surface area contributed by atoms with Crippen molar-refractivity contribution in [2.75, 3.05) is 18.6 Å². The highest BCUT2D eigenvalue weighted by molar-refractivity contribution is 7.89. The molecule has 108 valence electrons. The maximum absolute atomic E-state index is 11.7. The number of anilines is 1. The molecule has 0 aromatic heterocycles. The van der Waals surface area contributed by atoms with Gasteiger partial charge >= 0.3 is 0 Å². The van der Waals surface area contributed by atoms with Gasteiger partial charge < -0.3 is 10.5 Å². The summed E-state index contributed by atoms with van der Waals surface area (Å²) in [5.41, 5.74) is 7.08. The van der Waals surface area contributed by atoms with E-state index in [1.54, 1.807) is 25.3 Å². The molecule has 5 nitrogen and oxygen atoms in total. The molecule has 3 N–H and O–H groups in total. The Kier molecular flexibility index (Phi) is 5.62. The van der Waals surface area contributed by atoms with Crippen molar-refractivity contribution in [2.45, 2.75) is 26.8 Å². The van der Waals surface area contributed by atoms with Crippen LogP contribution in [0.25, 0.3) is 0 Å². The van der Waals surface area contributed by atoms with Crippen LogP contribution in [0.1, 0.15) is 25.8 Å². The summed E-state index contributed by atoms with van der Waals surface area (Å²) in [7, 11) is -1.68. The van der Waals surface area contributed by atoms with Gasteiger partial charge in [0, 0.05) is 6.54 Å². The van der Waals surface area contributed by atoms with Crippen LogP contribution in [0, 0.1) is 5.92 Å². The molecule has 6 heteroatoms. The SMILES string of the molecule is COc1ccc(CNS(=O)(=O)CCC(C)C)cc1N. The van der Waals surface area contributed by atoms with Crippen LogP contribution in [0.5, 0.6) is 5.75 Å². The minimum atomic E-state index is -3.23. The molecule has 0 saturated heterocycles. The fourth-order valence-electron chi connectivity index (χ4n) is 1.55. The Morgan fingerprint density at radius 3 is 2.58 bits per heavy atom. The van der Waals surface area contributed by atoms with E-state index in [0.717, 1.165) is 5.56 Å².